The first-order chi connectivity index (χ1) is 9.33. The first kappa shape index (κ1) is 11.6. The van der Waals surface area contributed by atoms with E-state index < -0.39 is 0 Å². The van der Waals surface area contributed by atoms with Crippen molar-refractivity contribution in [3.63, 3.8) is 0 Å². The van der Waals surface area contributed by atoms with Gasteiger partial charge in [0.15, 0.2) is 0 Å². The van der Waals surface area contributed by atoms with Crippen molar-refractivity contribution in [3.05, 3.63) is 24.0 Å². The summed E-state index contributed by atoms with van der Waals surface area (Å²) in [7, 11) is 0. The number of rotatable bonds is 0. The topological polar surface area (TPSA) is 15.3 Å². The van der Waals surface area contributed by atoms with Crippen LogP contribution in [0.25, 0.3) is 0 Å². The van der Waals surface area contributed by atoms with Crippen LogP contribution in [0.1, 0.15) is 38.5 Å². The van der Waals surface area contributed by atoms with Gasteiger partial charge in [-0.3, -0.25) is 0 Å². The molecule has 3 heteroatoms. The highest BCUT2D eigenvalue weighted by atomic mass is 19.1. The Labute approximate surface area is 114 Å². The van der Waals surface area contributed by atoms with Gasteiger partial charge in [-0.2, -0.15) is 0 Å². The molecule has 19 heavy (non-hydrogen) atoms. The van der Waals surface area contributed by atoms with Crippen LogP contribution in [0.5, 0.6) is 0 Å². The molecule has 1 aromatic carbocycles. The van der Waals surface area contributed by atoms with Crippen LogP contribution >= 0.6 is 0 Å². The number of benzene rings is 1. The fraction of sp³-hybridized carbons (Fsp3) is 0.625. The SMILES string of the molecule is Fc1ccc2c(c1)N1C(CCC3CCCCC31)CN2. The predicted octanol–water partition coefficient (Wildman–Crippen LogP) is 3.78. The Morgan fingerprint density at radius 2 is 2.00 bits per heavy atom. The zero-order valence-electron chi connectivity index (χ0n) is 11.2. The molecule has 102 valence electrons. The molecule has 1 aliphatic carbocycles. The first-order valence-corrected chi connectivity index (χ1v) is 7.65. The molecule has 2 fully saturated rings. The summed E-state index contributed by atoms with van der Waals surface area (Å²) in [5, 5.41) is 3.48. The molecule has 0 bridgehead atoms. The van der Waals surface area contributed by atoms with Crippen molar-refractivity contribution >= 4 is 11.4 Å². The molecule has 2 heterocycles. The van der Waals surface area contributed by atoms with Gasteiger partial charge in [0.2, 0.25) is 0 Å². The molecule has 1 aromatic rings. The van der Waals surface area contributed by atoms with Crippen molar-refractivity contribution in [1.29, 1.82) is 0 Å². The average molecular weight is 260 g/mol. The molecule has 3 unspecified atom stereocenters. The number of nitrogens with zero attached hydrogens (tertiary/aromatic N) is 1. The number of hydrogen-bond acceptors (Lipinski definition) is 2. The summed E-state index contributed by atoms with van der Waals surface area (Å²) in [5.41, 5.74) is 2.22. The Morgan fingerprint density at radius 1 is 1.11 bits per heavy atom. The number of nitrogens with one attached hydrogen (secondary N) is 1. The van der Waals surface area contributed by atoms with Crippen molar-refractivity contribution < 1.29 is 4.39 Å². The van der Waals surface area contributed by atoms with Gasteiger partial charge in [-0.1, -0.05) is 12.8 Å². The zero-order chi connectivity index (χ0) is 12.8. The summed E-state index contributed by atoms with van der Waals surface area (Å²) in [4.78, 5) is 2.56. The molecule has 0 radical (unpaired) electrons. The average Bonchev–Trinajstić information content (AvgIpc) is 2.46. The number of halogens is 1. The molecule has 3 aliphatic rings. The van der Waals surface area contributed by atoms with Gasteiger partial charge in [0.1, 0.15) is 5.82 Å². The second kappa shape index (κ2) is 4.39. The van der Waals surface area contributed by atoms with Gasteiger partial charge in [-0.15, -0.1) is 0 Å². The molecular formula is C16H21FN2. The lowest BCUT2D eigenvalue weighted by Gasteiger charge is -2.52. The van der Waals surface area contributed by atoms with E-state index in [0.717, 1.165) is 23.8 Å². The highest BCUT2D eigenvalue weighted by Crippen LogP contribution is 2.44. The van der Waals surface area contributed by atoms with Crippen molar-refractivity contribution in [1.82, 2.24) is 0 Å². The molecule has 4 rings (SSSR count). The minimum Gasteiger partial charge on any atom is -0.381 e. The lowest BCUT2D eigenvalue weighted by molar-refractivity contribution is 0.215. The molecule has 0 aromatic heterocycles. The van der Waals surface area contributed by atoms with E-state index in [-0.39, 0.29) is 5.82 Å². The summed E-state index contributed by atoms with van der Waals surface area (Å²) in [6, 6.07) is 6.40. The van der Waals surface area contributed by atoms with E-state index in [1.54, 1.807) is 12.1 Å². The van der Waals surface area contributed by atoms with E-state index in [9.17, 15) is 4.39 Å². The van der Waals surface area contributed by atoms with Crippen LogP contribution in [0.15, 0.2) is 18.2 Å². The largest absolute Gasteiger partial charge is 0.381 e. The Kier molecular flexibility index (Phi) is 2.68. The third kappa shape index (κ3) is 1.82. The van der Waals surface area contributed by atoms with Crippen LogP contribution in [0.3, 0.4) is 0 Å². The summed E-state index contributed by atoms with van der Waals surface area (Å²) < 4.78 is 13.6. The van der Waals surface area contributed by atoms with E-state index in [0.29, 0.717) is 12.1 Å². The smallest absolute Gasteiger partial charge is 0.125 e. The summed E-state index contributed by atoms with van der Waals surface area (Å²) in [5.74, 6) is 0.721. The maximum atomic E-state index is 13.6. The Balaban J connectivity index is 1.75. The zero-order valence-corrected chi connectivity index (χ0v) is 11.2. The van der Waals surface area contributed by atoms with E-state index in [4.69, 9.17) is 0 Å². The molecule has 3 atom stereocenters. The van der Waals surface area contributed by atoms with Gasteiger partial charge < -0.3 is 10.2 Å². The second-order valence-electron chi connectivity index (χ2n) is 6.29. The number of fused-ring (bicyclic) bond motifs is 5. The van der Waals surface area contributed by atoms with Crippen LogP contribution < -0.4 is 10.2 Å². The van der Waals surface area contributed by atoms with Crippen LogP contribution in [0.4, 0.5) is 15.8 Å². The molecule has 0 amide bonds. The maximum absolute atomic E-state index is 13.6. The fourth-order valence-corrected chi connectivity index (χ4v) is 4.38. The molecule has 1 saturated carbocycles. The molecular weight excluding hydrogens is 239 g/mol. The highest BCUT2D eigenvalue weighted by Gasteiger charge is 2.40. The van der Waals surface area contributed by atoms with Gasteiger partial charge in [-0.05, 0) is 49.8 Å². The number of hydrogen-bond donors (Lipinski definition) is 1. The van der Waals surface area contributed by atoms with Crippen LogP contribution in [-0.2, 0) is 0 Å². The standard InChI is InChI=1S/C16H21FN2/c17-12-6-8-14-16(9-12)19-13(10-18-14)7-5-11-3-1-2-4-15(11)19/h6,8-9,11,13,15,18H,1-5,7,10H2. The molecule has 1 saturated heterocycles. The van der Waals surface area contributed by atoms with Crippen molar-refractivity contribution in [2.24, 2.45) is 5.92 Å². The summed E-state index contributed by atoms with van der Waals surface area (Å²) in [6.07, 6.45) is 7.99. The van der Waals surface area contributed by atoms with Gasteiger partial charge in [0.05, 0.1) is 11.4 Å². The van der Waals surface area contributed by atoms with Crippen molar-refractivity contribution in [2.45, 2.75) is 50.6 Å². The second-order valence-corrected chi connectivity index (χ2v) is 6.29. The Hall–Kier alpha value is -1.25. The number of piperidine rings is 1. The summed E-state index contributed by atoms with van der Waals surface area (Å²) in [6.45, 7) is 1.02. The Morgan fingerprint density at radius 3 is 2.95 bits per heavy atom. The van der Waals surface area contributed by atoms with Gasteiger partial charge in [-0.25, -0.2) is 4.39 Å². The minimum absolute atomic E-state index is 0.112. The van der Waals surface area contributed by atoms with Gasteiger partial charge >= 0.3 is 0 Å². The molecule has 0 spiro atoms. The van der Waals surface area contributed by atoms with Crippen molar-refractivity contribution in [2.75, 3.05) is 16.8 Å². The lowest BCUT2D eigenvalue weighted by atomic mass is 9.75. The van der Waals surface area contributed by atoms with E-state index in [1.165, 1.54) is 38.5 Å². The van der Waals surface area contributed by atoms with E-state index >= 15 is 0 Å². The number of anilines is 2. The third-order valence-corrected chi connectivity index (χ3v) is 5.26. The predicted molar refractivity (Wildman–Crippen MR) is 76.1 cm³/mol. The van der Waals surface area contributed by atoms with Crippen LogP contribution in [0, 0.1) is 11.7 Å². The quantitative estimate of drug-likeness (QED) is 0.763. The van der Waals surface area contributed by atoms with Gasteiger partial charge in [0.25, 0.3) is 0 Å². The third-order valence-electron chi connectivity index (χ3n) is 5.26. The highest BCUT2D eigenvalue weighted by molar-refractivity contribution is 5.73. The molecule has 2 aliphatic heterocycles. The lowest BCUT2D eigenvalue weighted by Crippen LogP contribution is -2.56. The fourth-order valence-electron chi connectivity index (χ4n) is 4.38. The minimum atomic E-state index is -0.112. The van der Waals surface area contributed by atoms with Crippen LogP contribution in [-0.4, -0.2) is 18.6 Å². The monoisotopic (exact) mass is 260 g/mol. The maximum Gasteiger partial charge on any atom is 0.125 e. The van der Waals surface area contributed by atoms with Crippen molar-refractivity contribution in [3.8, 4) is 0 Å². The molecule has 2 nitrogen and oxygen atoms in total. The first-order valence-electron chi connectivity index (χ1n) is 7.65. The van der Waals surface area contributed by atoms with E-state index in [2.05, 4.69) is 10.2 Å². The van der Waals surface area contributed by atoms with E-state index in [1.807, 2.05) is 6.07 Å². The summed E-state index contributed by atoms with van der Waals surface area (Å²) >= 11 is 0. The Bertz CT molecular complexity index is 488. The molecule has 1 N–H and O–H groups in total. The van der Waals surface area contributed by atoms with Gasteiger partial charge in [0, 0.05) is 18.6 Å². The van der Waals surface area contributed by atoms with Crippen LogP contribution in [0.2, 0.25) is 0 Å². The normalized spacial score (nSPS) is 32.9.